The van der Waals surface area contributed by atoms with Crippen LogP contribution in [0, 0.1) is 11.3 Å². The fourth-order valence-corrected chi connectivity index (χ4v) is 1.51. The molecule has 0 aliphatic carbocycles. The lowest BCUT2D eigenvalue weighted by Crippen LogP contribution is -2.27. The second-order valence-electron chi connectivity index (χ2n) is 5.96. The molecule has 104 valence electrons. The predicted molar refractivity (Wildman–Crippen MR) is 78.3 cm³/mol. The lowest BCUT2D eigenvalue weighted by molar-refractivity contribution is -0.123. The Morgan fingerprint density at radius 1 is 1.16 bits per heavy atom. The third-order valence-corrected chi connectivity index (χ3v) is 3.17. The van der Waals surface area contributed by atoms with E-state index in [1.807, 2.05) is 34.6 Å². The Hall–Kier alpha value is -1.64. The zero-order chi connectivity index (χ0) is 14.6. The molecular formula is C16H23NO2. The molecule has 1 aromatic rings. The Balaban J connectivity index is 2.78. The first-order chi connectivity index (χ1) is 8.75. The Labute approximate surface area is 115 Å². The van der Waals surface area contributed by atoms with Crippen LogP contribution in [-0.4, -0.2) is 11.7 Å². The molecular weight excluding hydrogens is 238 g/mol. The van der Waals surface area contributed by atoms with Crippen LogP contribution in [0.1, 0.15) is 51.4 Å². The summed E-state index contributed by atoms with van der Waals surface area (Å²) in [6.07, 6.45) is 0.835. The van der Waals surface area contributed by atoms with E-state index in [1.54, 1.807) is 24.3 Å². The van der Waals surface area contributed by atoms with Crippen molar-refractivity contribution < 1.29 is 9.59 Å². The van der Waals surface area contributed by atoms with E-state index in [1.165, 1.54) is 0 Å². The predicted octanol–water partition coefficient (Wildman–Crippen LogP) is 3.90. The van der Waals surface area contributed by atoms with Crippen molar-refractivity contribution in [1.82, 2.24) is 0 Å². The minimum Gasteiger partial charge on any atom is -0.326 e. The van der Waals surface area contributed by atoms with E-state index in [0.717, 1.165) is 12.1 Å². The van der Waals surface area contributed by atoms with Gasteiger partial charge in [-0.3, -0.25) is 9.59 Å². The largest absolute Gasteiger partial charge is 0.326 e. The average Bonchev–Trinajstić information content (AvgIpc) is 2.36. The van der Waals surface area contributed by atoms with Gasteiger partial charge in [0.2, 0.25) is 5.91 Å². The molecule has 3 nitrogen and oxygen atoms in total. The van der Waals surface area contributed by atoms with E-state index in [-0.39, 0.29) is 17.6 Å². The van der Waals surface area contributed by atoms with E-state index in [9.17, 15) is 9.59 Å². The number of ketones is 1. The smallest absolute Gasteiger partial charge is 0.229 e. The van der Waals surface area contributed by atoms with E-state index < -0.39 is 5.41 Å². The van der Waals surface area contributed by atoms with E-state index in [2.05, 4.69) is 5.32 Å². The molecule has 19 heavy (non-hydrogen) atoms. The number of Topliss-reactive ketones (excluding diaryl/α,β-unsaturated/α-hetero) is 1. The summed E-state index contributed by atoms with van der Waals surface area (Å²) in [7, 11) is 0. The number of benzene rings is 1. The van der Waals surface area contributed by atoms with Crippen LogP contribution in [0.25, 0.3) is 0 Å². The number of hydrogen-bond acceptors (Lipinski definition) is 2. The molecule has 0 bridgehead atoms. The number of hydrogen-bond donors (Lipinski definition) is 1. The van der Waals surface area contributed by atoms with Crippen LogP contribution in [0.3, 0.4) is 0 Å². The standard InChI is InChI=1S/C16H23NO2/c1-6-11(2)14(18)12-7-9-13(10-8-12)17-15(19)16(3,4)5/h7-11H,6H2,1-5H3,(H,17,19)/t11-/m1/s1. The maximum atomic E-state index is 12.0. The van der Waals surface area contributed by atoms with Crippen molar-refractivity contribution in [2.75, 3.05) is 5.32 Å². The molecule has 0 saturated heterocycles. The normalized spacial score (nSPS) is 12.9. The van der Waals surface area contributed by atoms with Crippen LogP contribution >= 0.6 is 0 Å². The summed E-state index contributed by atoms with van der Waals surface area (Å²) in [5.74, 6) is 0.153. The first-order valence-electron chi connectivity index (χ1n) is 6.71. The monoisotopic (exact) mass is 261 g/mol. The van der Waals surface area contributed by atoms with Gasteiger partial charge in [-0.2, -0.15) is 0 Å². The maximum absolute atomic E-state index is 12.0. The highest BCUT2D eigenvalue weighted by Gasteiger charge is 2.21. The van der Waals surface area contributed by atoms with E-state index in [4.69, 9.17) is 0 Å². The summed E-state index contributed by atoms with van der Waals surface area (Å²) < 4.78 is 0. The summed E-state index contributed by atoms with van der Waals surface area (Å²) >= 11 is 0. The van der Waals surface area contributed by atoms with Gasteiger partial charge in [0.1, 0.15) is 0 Å². The van der Waals surface area contributed by atoms with Crippen molar-refractivity contribution in [3.05, 3.63) is 29.8 Å². The molecule has 0 unspecified atom stereocenters. The van der Waals surface area contributed by atoms with Crippen molar-refractivity contribution in [3.8, 4) is 0 Å². The first-order valence-corrected chi connectivity index (χ1v) is 6.71. The second-order valence-corrected chi connectivity index (χ2v) is 5.96. The summed E-state index contributed by atoms with van der Waals surface area (Å²) in [6, 6.07) is 7.10. The van der Waals surface area contributed by atoms with E-state index >= 15 is 0 Å². The number of nitrogens with one attached hydrogen (secondary N) is 1. The summed E-state index contributed by atoms with van der Waals surface area (Å²) in [4.78, 5) is 23.8. The van der Waals surface area contributed by atoms with Crippen LogP contribution in [0.15, 0.2) is 24.3 Å². The Bertz CT molecular complexity index is 455. The third kappa shape index (κ3) is 4.19. The molecule has 0 aliphatic rings. The number of amides is 1. The number of carbonyl (C=O) groups excluding carboxylic acids is 2. The van der Waals surface area contributed by atoms with Crippen molar-refractivity contribution >= 4 is 17.4 Å². The van der Waals surface area contributed by atoms with Crippen molar-refractivity contribution in [1.29, 1.82) is 0 Å². The molecule has 0 radical (unpaired) electrons. The Morgan fingerprint density at radius 3 is 2.11 bits per heavy atom. The summed E-state index contributed by atoms with van der Waals surface area (Å²) in [5.41, 5.74) is 0.995. The molecule has 1 atom stereocenters. The van der Waals surface area contributed by atoms with Crippen LogP contribution in [0.2, 0.25) is 0 Å². The molecule has 0 saturated carbocycles. The zero-order valence-electron chi connectivity index (χ0n) is 12.4. The maximum Gasteiger partial charge on any atom is 0.229 e. The van der Waals surface area contributed by atoms with Gasteiger partial charge in [-0.05, 0) is 30.7 Å². The van der Waals surface area contributed by atoms with E-state index in [0.29, 0.717) is 5.56 Å². The van der Waals surface area contributed by atoms with Gasteiger partial charge in [-0.15, -0.1) is 0 Å². The Morgan fingerprint density at radius 2 is 1.68 bits per heavy atom. The highest BCUT2D eigenvalue weighted by Crippen LogP contribution is 2.19. The molecule has 0 spiro atoms. The number of anilines is 1. The molecule has 1 N–H and O–H groups in total. The van der Waals surface area contributed by atoms with Gasteiger partial charge in [-0.1, -0.05) is 34.6 Å². The third-order valence-electron chi connectivity index (χ3n) is 3.17. The van der Waals surface area contributed by atoms with Gasteiger partial charge in [-0.25, -0.2) is 0 Å². The minimum absolute atomic E-state index is 0.0338. The SMILES string of the molecule is CC[C@@H](C)C(=O)c1ccc(NC(=O)C(C)(C)C)cc1. The van der Waals surface area contributed by atoms with Gasteiger partial charge < -0.3 is 5.32 Å². The summed E-state index contributed by atoms with van der Waals surface area (Å²) in [5, 5.41) is 2.84. The summed E-state index contributed by atoms with van der Waals surface area (Å²) in [6.45, 7) is 9.52. The fraction of sp³-hybridized carbons (Fsp3) is 0.500. The van der Waals surface area contributed by atoms with Crippen molar-refractivity contribution in [2.45, 2.75) is 41.0 Å². The lowest BCUT2D eigenvalue weighted by Gasteiger charge is -2.17. The molecule has 3 heteroatoms. The number of carbonyl (C=O) groups is 2. The molecule has 0 aromatic heterocycles. The average molecular weight is 261 g/mol. The topological polar surface area (TPSA) is 46.2 Å². The highest BCUT2D eigenvalue weighted by atomic mass is 16.2. The van der Waals surface area contributed by atoms with Crippen molar-refractivity contribution in [3.63, 3.8) is 0 Å². The molecule has 0 heterocycles. The second kappa shape index (κ2) is 6.00. The van der Waals surface area contributed by atoms with Crippen LogP contribution in [-0.2, 0) is 4.79 Å². The Kier molecular flexibility index (Phi) is 4.87. The zero-order valence-corrected chi connectivity index (χ0v) is 12.4. The van der Waals surface area contributed by atoms with Gasteiger partial charge in [0.15, 0.2) is 5.78 Å². The lowest BCUT2D eigenvalue weighted by atomic mass is 9.95. The van der Waals surface area contributed by atoms with Gasteiger partial charge in [0.25, 0.3) is 0 Å². The van der Waals surface area contributed by atoms with Crippen LogP contribution in [0.4, 0.5) is 5.69 Å². The number of rotatable bonds is 4. The molecule has 0 fully saturated rings. The van der Waals surface area contributed by atoms with Crippen LogP contribution in [0.5, 0.6) is 0 Å². The highest BCUT2D eigenvalue weighted by molar-refractivity contribution is 5.99. The molecule has 1 aromatic carbocycles. The van der Waals surface area contributed by atoms with Crippen LogP contribution < -0.4 is 5.32 Å². The molecule has 1 amide bonds. The quantitative estimate of drug-likeness (QED) is 0.835. The molecule has 1 rings (SSSR count). The first kappa shape index (κ1) is 15.4. The van der Waals surface area contributed by atoms with Gasteiger partial charge >= 0.3 is 0 Å². The van der Waals surface area contributed by atoms with Gasteiger partial charge in [0, 0.05) is 22.6 Å². The minimum atomic E-state index is -0.425. The fourth-order valence-electron chi connectivity index (χ4n) is 1.51. The van der Waals surface area contributed by atoms with Crippen molar-refractivity contribution in [2.24, 2.45) is 11.3 Å². The molecule has 0 aliphatic heterocycles. The van der Waals surface area contributed by atoms with Gasteiger partial charge in [0.05, 0.1) is 0 Å².